The maximum Gasteiger partial charge on any atom is 0.152 e. The van der Waals surface area contributed by atoms with Crippen LogP contribution in [0.25, 0.3) is 11.3 Å². The highest BCUT2D eigenvalue weighted by Gasteiger charge is 2.41. The molecule has 6 rings (SSSR count). The summed E-state index contributed by atoms with van der Waals surface area (Å²) in [5.41, 5.74) is 2.91. The second kappa shape index (κ2) is 9.50. The van der Waals surface area contributed by atoms with E-state index >= 15 is 0 Å². The van der Waals surface area contributed by atoms with Crippen LogP contribution in [-0.2, 0) is 17.6 Å². The van der Waals surface area contributed by atoms with Crippen molar-refractivity contribution in [1.82, 2.24) is 15.1 Å². The van der Waals surface area contributed by atoms with Crippen LogP contribution in [0.1, 0.15) is 49.7 Å². The maximum absolute atomic E-state index is 14.5. The van der Waals surface area contributed by atoms with Crippen molar-refractivity contribution < 1.29 is 13.5 Å². The smallest absolute Gasteiger partial charge is 0.152 e. The average Bonchev–Trinajstić information content (AvgIpc) is 3.39. The molecule has 1 aromatic carbocycles. The van der Waals surface area contributed by atoms with Gasteiger partial charge in [0.1, 0.15) is 11.6 Å². The highest BCUT2D eigenvalue weighted by molar-refractivity contribution is 5.68. The van der Waals surface area contributed by atoms with Crippen LogP contribution in [0.4, 0.5) is 14.6 Å². The molecule has 0 radical (unpaired) electrons. The summed E-state index contributed by atoms with van der Waals surface area (Å²) in [5, 5.41) is 12.7. The predicted octanol–water partition coefficient (Wildman–Crippen LogP) is 4.85. The number of nitrogens with one attached hydrogen (secondary N) is 1. The zero-order chi connectivity index (χ0) is 23.1. The number of anilines is 1. The summed E-state index contributed by atoms with van der Waals surface area (Å²) >= 11 is 0. The van der Waals surface area contributed by atoms with E-state index in [0.717, 1.165) is 79.7 Å². The lowest BCUT2D eigenvalue weighted by molar-refractivity contribution is 0.0545. The largest absolute Gasteiger partial charge is 0.381 e. The fourth-order valence-electron chi connectivity index (χ4n) is 6.81. The van der Waals surface area contributed by atoms with Gasteiger partial charge in [-0.05, 0) is 92.9 Å². The van der Waals surface area contributed by atoms with E-state index in [0.29, 0.717) is 11.7 Å². The number of ether oxygens (including phenoxy) is 1. The van der Waals surface area contributed by atoms with Gasteiger partial charge < -0.3 is 15.0 Å². The molecule has 2 aromatic rings. The SMILES string of the molecule is Fc1ccc(F)c(-c2nnc(N[C@H]3C[C@@H]4CN(CC5CCOCC5)C[C@@H]4C3)c3c2CCCC3)c1. The minimum absolute atomic E-state index is 0.220. The topological polar surface area (TPSA) is 50.3 Å². The first-order chi connectivity index (χ1) is 16.6. The van der Waals surface area contributed by atoms with Crippen molar-refractivity contribution in [2.75, 3.05) is 38.2 Å². The molecule has 1 saturated carbocycles. The second-order valence-electron chi connectivity index (χ2n) is 10.8. The van der Waals surface area contributed by atoms with E-state index in [-0.39, 0.29) is 5.56 Å². The molecular formula is C27H34F2N4O. The molecule has 3 fully saturated rings. The fraction of sp³-hybridized carbons (Fsp3) is 0.630. The number of likely N-dealkylation sites (tertiary alicyclic amines) is 1. The van der Waals surface area contributed by atoms with Gasteiger partial charge in [0.2, 0.25) is 0 Å². The van der Waals surface area contributed by atoms with Crippen LogP contribution in [-0.4, -0.2) is 54.0 Å². The molecule has 3 heterocycles. The van der Waals surface area contributed by atoms with E-state index < -0.39 is 11.6 Å². The van der Waals surface area contributed by atoms with Gasteiger partial charge in [0.25, 0.3) is 0 Å². The third-order valence-corrected chi connectivity index (χ3v) is 8.50. The van der Waals surface area contributed by atoms with Crippen molar-refractivity contribution >= 4 is 5.82 Å². The summed E-state index contributed by atoms with van der Waals surface area (Å²) in [6.45, 7) is 5.50. The Morgan fingerprint density at radius 1 is 0.971 bits per heavy atom. The average molecular weight is 469 g/mol. The van der Waals surface area contributed by atoms with Crippen molar-refractivity contribution in [3.05, 3.63) is 41.0 Å². The molecule has 0 bridgehead atoms. The lowest BCUT2D eigenvalue weighted by Gasteiger charge is -2.28. The Morgan fingerprint density at radius 2 is 1.71 bits per heavy atom. The summed E-state index contributed by atoms with van der Waals surface area (Å²) in [4.78, 5) is 2.69. The molecule has 7 heteroatoms. The number of benzene rings is 1. The second-order valence-corrected chi connectivity index (χ2v) is 10.8. The molecule has 0 spiro atoms. The van der Waals surface area contributed by atoms with E-state index in [1.165, 1.54) is 57.5 Å². The number of rotatable bonds is 5. The number of hydrogen-bond acceptors (Lipinski definition) is 5. The first kappa shape index (κ1) is 22.4. The Morgan fingerprint density at radius 3 is 2.47 bits per heavy atom. The van der Waals surface area contributed by atoms with Crippen molar-refractivity contribution in [2.24, 2.45) is 17.8 Å². The molecule has 1 aromatic heterocycles. The number of hydrogen-bond donors (Lipinski definition) is 1. The van der Waals surface area contributed by atoms with Crippen LogP contribution >= 0.6 is 0 Å². The van der Waals surface area contributed by atoms with Crippen LogP contribution in [0.15, 0.2) is 18.2 Å². The van der Waals surface area contributed by atoms with Crippen molar-refractivity contribution in [2.45, 2.75) is 57.4 Å². The van der Waals surface area contributed by atoms with Crippen LogP contribution < -0.4 is 5.32 Å². The minimum Gasteiger partial charge on any atom is -0.381 e. The van der Waals surface area contributed by atoms with Crippen molar-refractivity contribution in [3.8, 4) is 11.3 Å². The first-order valence-electron chi connectivity index (χ1n) is 13.0. The Hall–Kier alpha value is -2.12. The maximum atomic E-state index is 14.5. The Kier molecular flexibility index (Phi) is 6.24. The van der Waals surface area contributed by atoms with E-state index in [1.807, 2.05) is 0 Å². The molecular weight excluding hydrogens is 434 g/mol. The summed E-state index contributed by atoms with van der Waals surface area (Å²) in [6.07, 6.45) is 8.63. The van der Waals surface area contributed by atoms with Crippen LogP contribution in [0.5, 0.6) is 0 Å². The quantitative estimate of drug-likeness (QED) is 0.680. The van der Waals surface area contributed by atoms with Gasteiger partial charge in [-0.25, -0.2) is 8.78 Å². The van der Waals surface area contributed by atoms with Crippen LogP contribution in [0, 0.1) is 29.4 Å². The molecule has 2 aliphatic heterocycles. The molecule has 182 valence electrons. The molecule has 2 saturated heterocycles. The van der Waals surface area contributed by atoms with Crippen molar-refractivity contribution in [3.63, 3.8) is 0 Å². The molecule has 34 heavy (non-hydrogen) atoms. The van der Waals surface area contributed by atoms with Crippen LogP contribution in [0.3, 0.4) is 0 Å². The first-order valence-corrected chi connectivity index (χ1v) is 13.0. The zero-order valence-electron chi connectivity index (χ0n) is 19.7. The summed E-state index contributed by atoms with van der Waals surface area (Å²) < 4.78 is 33.9. The Labute approximate surface area is 200 Å². The third-order valence-electron chi connectivity index (χ3n) is 8.50. The minimum atomic E-state index is -0.451. The van der Waals surface area contributed by atoms with E-state index in [4.69, 9.17) is 4.74 Å². The molecule has 4 aliphatic rings. The van der Waals surface area contributed by atoms with Gasteiger partial charge in [-0.2, -0.15) is 0 Å². The van der Waals surface area contributed by atoms with Gasteiger partial charge in [0, 0.05) is 50.0 Å². The highest BCUT2D eigenvalue weighted by atomic mass is 19.1. The van der Waals surface area contributed by atoms with Crippen molar-refractivity contribution in [1.29, 1.82) is 0 Å². The predicted molar refractivity (Wildman–Crippen MR) is 128 cm³/mol. The van der Waals surface area contributed by atoms with Gasteiger partial charge in [-0.3, -0.25) is 0 Å². The van der Waals surface area contributed by atoms with E-state index in [1.54, 1.807) is 0 Å². The monoisotopic (exact) mass is 468 g/mol. The molecule has 3 atom stereocenters. The molecule has 1 N–H and O–H groups in total. The lowest BCUT2D eigenvalue weighted by atomic mass is 9.89. The molecule has 0 unspecified atom stereocenters. The highest BCUT2D eigenvalue weighted by Crippen LogP contribution is 2.41. The van der Waals surface area contributed by atoms with Gasteiger partial charge in [-0.15, -0.1) is 10.2 Å². The normalized spacial score (nSPS) is 27.5. The van der Waals surface area contributed by atoms with Gasteiger partial charge >= 0.3 is 0 Å². The van der Waals surface area contributed by atoms with E-state index in [2.05, 4.69) is 20.4 Å². The summed E-state index contributed by atoms with van der Waals surface area (Å²) in [7, 11) is 0. The number of nitrogens with zero attached hydrogens (tertiary/aromatic N) is 3. The molecule has 0 amide bonds. The van der Waals surface area contributed by atoms with E-state index in [9.17, 15) is 8.78 Å². The summed E-state index contributed by atoms with van der Waals surface area (Å²) in [5.74, 6) is 2.26. The number of aromatic nitrogens is 2. The summed E-state index contributed by atoms with van der Waals surface area (Å²) in [6, 6.07) is 3.98. The van der Waals surface area contributed by atoms with Gasteiger partial charge in [-0.1, -0.05) is 0 Å². The number of halogens is 2. The third kappa shape index (κ3) is 4.44. The lowest BCUT2D eigenvalue weighted by Crippen LogP contribution is -2.32. The number of fused-ring (bicyclic) bond motifs is 2. The standard InChI is InChI=1S/C27H34F2N4O/c28-20-5-6-25(29)24(13-20)26-22-3-1-2-4-23(22)27(32-31-26)30-21-11-18-15-33(16-19(18)12-21)14-17-7-9-34-10-8-17/h5-6,13,17-19,21H,1-4,7-12,14-16H2,(H,30,32)/t18-,19+,21+. The fourth-order valence-corrected chi connectivity index (χ4v) is 6.81. The molecule has 5 nitrogen and oxygen atoms in total. The Balaban J connectivity index is 1.14. The van der Waals surface area contributed by atoms with Gasteiger partial charge in [0.05, 0.1) is 5.69 Å². The Bertz CT molecular complexity index is 1030. The zero-order valence-corrected chi connectivity index (χ0v) is 19.7. The van der Waals surface area contributed by atoms with Crippen LogP contribution in [0.2, 0.25) is 0 Å². The molecule has 2 aliphatic carbocycles. The van der Waals surface area contributed by atoms with Gasteiger partial charge in [0.15, 0.2) is 5.82 Å².